The third kappa shape index (κ3) is 3.23. The molecule has 0 saturated carbocycles. The van der Waals surface area contributed by atoms with Crippen molar-refractivity contribution in [2.45, 2.75) is 6.18 Å². The van der Waals surface area contributed by atoms with Crippen LogP contribution >= 0.6 is 0 Å². The number of tetrazole rings is 1. The number of nitriles is 1. The highest BCUT2D eigenvalue weighted by Crippen LogP contribution is 2.35. The molecule has 2 rings (SSSR count). The summed E-state index contributed by atoms with van der Waals surface area (Å²) in [5.41, 5.74) is -3.35. The first-order valence-electron chi connectivity index (χ1n) is 5.61. The van der Waals surface area contributed by atoms with Crippen LogP contribution in [-0.2, 0) is 6.18 Å². The van der Waals surface area contributed by atoms with Gasteiger partial charge in [0, 0.05) is 6.20 Å². The Balaban J connectivity index is 2.45. The van der Waals surface area contributed by atoms with Crippen LogP contribution < -0.4 is 5.32 Å². The number of alkyl halides is 3. The Morgan fingerprint density at radius 2 is 1.91 bits per heavy atom. The number of aromatic nitrogens is 4. The van der Waals surface area contributed by atoms with Crippen molar-refractivity contribution in [2.24, 2.45) is 0 Å². The van der Waals surface area contributed by atoms with Gasteiger partial charge in [0.25, 0.3) is 0 Å². The fourth-order valence-corrected chi connectivity index (χ4v) is 1.49. The summed E-state index contributed by atoms with van der Waals surface area (Å²) >= 11 is 0. The summed E-state index contributed by atoms with van der Waals surface area (Å²) in [5, 5.41) is 22.8. The minimum Gasteiger partial charge on any atom is -0.358 e. The molecule has 0 amide bonds. The van der Waals surface area contributed by atoms with Crippen LogP contribution in [0.15, 0.2) is 12.3 Å². The second kappa shape index (κ2) is 5.95. The minimum absolute atomic E-state index is 0.0372. The van der Waals surface area contributed by atoms with Gasteiger partial charge in [0.05, 0.1) is 11.3 Å². The van der Waals surface area contributed by atoms with Crippen LogP contribution in [0.1, 0.15) is 11.4 Å². The maximum atomic E-state index is 13.5. The molecule has 0 spiro atoms. The Bertz CT molecular complexity index is 789. The third-order valence-corrected chi connectivity index (χ3v) is 2.53. The zero-order chi connectivity index (χ0) is 17.2. The highest BCUT2D eigenvalue weighted by molar-refractivity contribution is 5.74. The Hall–Kier alpha value is -3.10. The molecule has 6 nitrogen and oxygen atoms in total. The molecule has 0 radical (unpaired) electrons. The number of aromatic amines is 1. The van der Waals surface area contributed by atoms with E-state index in [2.05, 4.69) is 15.4 Å². The minimum atomic E-state index is -5.23. The SMILES string of the molecule is N#CC(=CNc1cc(C(F)(F)F)c(F)c(F)c1F)c1nn[nH]n1. The van der Waals surface area contributed by atoms with Gasteiger partial charge in [-0.25, -0.2) is 13.2 Å². The van der Waals surface area contributed by atoms with Gasteiger partial charge in [-0.15, -0.1) is 10.2 Å². The number of hydrogen-bond donors (Lipinski definition) is 2. The normalized spacial score (nSPS) is 12.1. The van der Waals surface area contributed by atoms with E-state index in [4.69, 9.17) is 5.26 Å². The zero-order valence-electron chi connectivity index (χ0n) is 10.7. The average molecular weight is 334 g/mol. The number of rotatable bonds is 3. The smallest absolute Gasteiger partial charge is 0.358 e. The predicted molar refractivity (Wildman–Crippen MR) is 62.7 cm³/mol. The highest BCUT2D eigenvalue weighted by atomic mass is 19.4. The van der Waals surface area contributed by atoms with Crippen LogP contribution in [0.3, 0.4) is 0 Å². The molecule has 0 aliphatic carbocycles. The molecular weight excluding hydrogens is 330 g/mol. The van der Waals surface area contributed by atoms with Crippen LogP contribution in [0.4, 0.5) is 32.0 Å². The molecule has 0 unspecified atom stereocenters. The van der Waals surface area contributed by atoms with Crippen LogP contribution in [0, 0.1) is 28.8 Å². The van der Waals surface area contributed by atoms with E-state index < -0.39 is 34.9 Å². The number of H-pyrrole nitrogens is 1. The Labute approximate surface area is 123 Å². The fourth-order valence-electron chi connectivity index (χ4n) is 1.49. The zero-order valence-corrected chi connectivity index (χ0v) is 10.7. The maximum Gasteiger partial charge on any atom is 0.419 e. The summed E-state index contributed by atoms with van der Waals surface area (Å²) in [6.45, 7) is 0. The van der Waals surface area contributed by atoms with Gasteiger partial charge in [-0.05, 0) is 11.3 Å². The molecule has 0 aliphatic heterocycles. The summed E-state index contributed by atoms with van der Waals surface area (Å²) in [7, 11) is 0. The Morgan fingerprint density at radius 3 is 2.43 bits per heavy atom. The molecule has 23 heavy (non-hydrogen) atoms. The molecule has 0 bridgehead atoms. The van der Waals surface area contributed by atoms with Crippen molar-refractivity contribution < 1.29 is 26.3 Å². The number of halogens is 6. The number of allylic oxidation sites excluding steroid dienone is 1. The first-order valence-corrected chi connectivity index (χ1v) is 5.61. The molecule has 120 valence electrons. The van der Waals surface area contributed by atoms with Gasteiger partial charge in [-0.3, -0.25) is 0 Å². The number of benzene rings is 1. The lowest BCUT2D eigenvalue weighted by atomic mass is 10.1. The van der Waals surface area contributed by atoms with E-state index >= 15 is 0 Å². The van der Waals surface area contributed by atoms with Crippen LogP contribution in [0.25, 0.3) is 5.57 Å². The largest absolute Gasteiger partial charge is 0.419 e. The number of nitrogens with zero attached hydrogens (tertiary/aromatic N) is 4. The molecular formula is C11H4F6N6. The molecule has 0 aliphatic rings. The molecule has 2 aromatic rings. The first kappa shape index (κ1) is 16.3. The summed E-state index contributed by atoms with van der Waals surface area (Å²) in [6, 6.07) is 1.60. The van der Waals surface area contributed by atoms with Crippen LogP contribution in [0.2, 0.25) is 0 Å². The fraction of sp³-hybridized carbons (Fsp3) is 0.0909. The van der Waals surface area contributed by atoms with Gasteiger partial charge in [0.1, 0.15) is 11.6 Å². The lowest BCUT2D eigenvalue weighted by Gasteiger charge is -2.12. The Kier molecular flexibility index (Phi) is 4.21. The van der Waals surface area contributed by atoms with E-state index in [9.17, 15) is 26.3 Å². The van der Waals surface area contributed by atoms with E-state index in [1.807, 2.05) is 10.5 Å². The first-order chi connectivity index (χ1) is 10.8. The van der Waals surface area contributed by atoms with Crippen LogP contribution in [-0.4, -0.2) is 20.6 Å². The summed E-state index contributed by atoms with van der Waals surface area (Å²) in [4.78, 5) is 0. The lowest BCUT2D eigenvalue weighted by molar-refractivity contribution is -0.140. The van der Waals surface area contributed by atoms with Crippen molar-refractivity contribution in [3.63, 3.8) is 0 Å². The van der Waals surface area contributed by atoms with E-state index in [1.54, 1.807) is 6.07 Å². The number of hydrogen-bond acceptors (Lipinski definition) is 5. The van der Waals surface area contributed by atoms with E-state index in [-0.39, 0.29) is 17.5 Å². The summed E-state index contributed by atoms with van der Waals surface area (Å²) in [6.07, 6.45) is -4.51. The monoisotopic (exact) mass is 334 g/mol. The standard InChI is InChI=1S/C11H4F6N6/c12-7-5(11(15,16)17)1-6(8(13)9(7)14)19-3-4(2-18)10-20-22-23-21-10/h1,3,19H,(H,20,21,22,23). The van der Waals surface area contributed by atoms with Gasteiger partial charge in [0.15, 0.2) is 17.5 Å². The molecule has 0 atom stereocenters. The van der Waals surface area contributed by atoms with Gasteiger partial charge in [-0.2, -0.15) is 23.6 Å². The van der Waals surface area contributed by atoms with Crippen molar-refractivity contribution in [3.8, 4) is 6.07 Å². The molecule has 0 fully saturated rings. The van der Waals surface area contributed by atoms with Crippen molar-refractivity contribution >= 4 is 11.3 Å². The lowest BCUT2D eigenvalue weighted by Crippen LogP contribution is -2.12. The van der Waals surface area contributed by atoms with Gasteiger partial charge < -0.3 is 5.32 Å². The molecule has 12 heteroatoms. The number of nitrogens with one attached hydrogen (secondary N) is 2. The quantitative estimate of drug-likeness (QED) is 0.512. The Morgan fingerprint density at radius 1 is 1.22 bits per heavy atom. The molecule has 1 heterocycles. The molecule has 0 saturated heterocycles. The predicted octanol–water partition coefficient (Wildman–Crippen LogP) is 2.61. The van der Waals surface area contributed by atoms with E-state index in [1.165, 1.54) is 0 Å². The molecule has 1 aromatic carbocycles. The van der Waals surface area contributed by atoms with Gasteiger partial charge >= 0.3 is 6.18 Å². The van der Waals surface area contributed by atoms with Crippen molar-refractivity contribution in [2.75, 3.05) is 5.32 Å². The second-order valence-electron chi connectivity index (χ2n) is 3.96. The van der Waals surface area contributed by atoms with Crippen molar-refractivity contribution in [1.82, 2.24) is 20.6 Å². The second-order valence-corrected chi connectivity index (χ2v) is 3.96. The van der Waals surface area contributed by atoms with Crippen LogP contribution in [0.5, 0.6) is 0 Å². The van der Waals surface area contributed by atoms with Gasteiger partial charge in [-0.1, -0.05) is 0 Å². The molecule has 1 aromatic heterocycles. The number of anilines is 1. The summed E-state index contributed by atoms with van der Waals surface area (Å²) < 4.78 is 77.6. The van der Waals surface area contributed by atoms with E-state index in [0.29, 0.717) is 0 Å². The third-order valence-electron chi connectivity index (χ3n) is 2.53. The van der Waals surface area contributed by atoms with Crippen molar-refractivity contribution in [3.05, 3.63) is 41.1 Å². The summed E-state index contributed by atoms with van der Waals surface area (Å²) in [5.74, 6) is -6.77. The maximum absolute atomic E-state index is 13.5. The topological polar surface area (TPSA) is 90.3 Å². The molecule has 2 N–H and O–H groups in total. The van der Waals surface area contributed by atoms with Gasteiger partial charge in [0.2, 0.25) is 5.82 Å². The van der Waals surface area contributed by atoms with E-state index in [0.717, 1.165) is 6.20 Å². The van der Waals surface area contributed by atoms with Crippen molar-refractivity contribution in [1.29, 1.82) is 5.26 Å². The highest BCUT2D eigenvalue weighted by Gasteiger charge is 2.37. The average Bonchev–Trinajstić information content (AvgIpc) is 3.00.